The Hall–Kier alpha value is -2.08. The first kappa shape index (κ1) is 17.3. The van der Waals surface area contributed by atoms with Crippen molar-refractivity contribution in [3.8, 4) is 5.75 Å². The van der Waals surface area contributed by atoms with Gasteiger partial charge in [0.05, 0.1) is 11.6 Å². The maximum absolute atomic E-state index is 12.1. The molecule has 0 aromatic heterocycles. The molecule has 0 aliphatic carbocycles. The molecule has 124 valence electrons. The Kier molecular flexibility index (Phi) is 5.60. The number of nitrogens with zero attached hydrogens (tertiary/aromatic N) is 1. The van der Waals surface area contributed by atoms with Gasteiger partial charge in [0.2, 0.25) is 5.91 Å². The number of anilines is 1. The summed E-state index contributed by atoms with van der Waals surface area (Å²) >= 11 is 5.57. The molecular formula is C16H19ClN2O4. The number of benzene rings is 1. The van der Waals surface area contributed by atoms with Crippen LogP contribution in [-0.4, -0.2) is 42.7 Å². The molecule has 7 heteroatoms. The molecule has 1 unspecified atom stereocenters. The van der Waals surface area contributed by atoms with E-state index in [-0.39, 0.29) is 42.7 Å². The zero-order chi connectivity index (χ0) is 17.0. The number of nitrogens with one attached hydrogen (secondary N) is 1. The Bertz CT molecular complexity index is 633. The molecule has 1 atom stereocenters. The van der Waals surface area contributed by atoms with Crippen LogP contribution < -0.4 is 15.0 Å². The molecule has 0 saturated carbocycles. The number of hydrogen-bond donors (Lipinski definition) is 1. The van der Waals surface area contributed by atoms with Gasteiger partial charge in [-0.2, -0.15) is 0 Å². The third-order valence-electron chi connectivity index (χ3n) is 3.67. The Morgan fingerprint density at radius 1 is 1.43 bits per heavy atom. The van der Waals surface area contributed by atoms with Crippen LogP contribution in [0.15, 0.2) is 18.2 Å². The summed E-state index contributed by atoms with van der Waals surface area (Å²) in [5, 5.41) is 2.82. The third kappa shape index (κ3) is 4.01. The van der Waals surface area contributed by atoms with Crippen LogP contribution in [0, 0.1) is 0 Å². The first-order valence-electron chi connectivity index (χ1n) is 7.42. The van der Waals surface area contributed by atoms with E-state index in [4.69, 9.17) is 16.3 Å². The molecule has 23 heavy (non-hydrogen) atoms. The maximum Gasteiger partial charge on any atom is 0.265 e. The highest BCUT2D eigenvalue weighted by Crippen LogP contribution is 2.33. The zero-order valence-corrected chi connectivity index (χ0v) is 13.9. The van der Waals surface area contributed by atoms with Crippen LogP contribution in [0.5, 0.6) is 5.75 Å². The Morgan fingerprint density at radius 3 is 2.83 bits per heavy atom. The van der Waals surface area contributed by atoms with Gasteiger partial charge in [0.25, 0.3) is 5.91 Å². The van der Waals surface area contributed by atoms with Crippen LogP contribution in [0.2, 0.25) is 0 Å². The van der Waals surface area contributed by atoms with E-state index >= 15 is 0 Å². The number of Topliss-reactive ketones (excluding diaryl/α,β-unsaturated/α-hetero) is 1. The van der Waals surface area contributed by atoms with E-state index in [9.17, 15) is 14.4 Å². The fraction of sp³-hybridized carbons (Fsp3) is 0.438. The first-order valence-corrected chi connectivity index (χ1v) is 7.95. The molecule has 6 nitrogen and oxygen atoms in total. The standard InChI is InChI=1S/C16H19ClN2O4/c1-3-10(2)18-15(21)8-19-12-6-11(13(20)7-17)4-5-14(12)23-9-16(19)22/h4-6,10H,3,7-9H2,1-2H3,(H,18,21). The summed E-state index contributed by atoms with van der Waals surface area (Å²) in [6.45, 7) is 3.61. The summed E-state index contributed by atoms with van der Waals surface area (Å²) in [7, 11) is 0. The second-order valence-corrected chi connectivity index (χ2v) is 5.65. The molecule has 1 aromatic rings. The van der Waals surface area contributed by atoms with Gasteiger partial charge in [0.15, 0.2) is 12.4 Å². The molecular weight excluding hydrogens is 320 g/mol. The Labute approximate surface area is 139 Å². The fourth-order valence-corrected chi connectivity index (χ4v) is 2.35. The van der Waals surface area contributed by atoms with Gasteiger partial charge >= 0.3 is 0 Å². The molecule has 1 heterocycles. The molecule has 0 fully saturated rings. The fourth-order valence-electron chi connectivity index (χ4n) is 2.19. The van der Waals surface area contributed by atoms with Crippen molar-refractivity contribution in [1.82, 2.24) is 5.32 Å². The Morgan fingerprint density at radius 2 is 2.17 bits per heavy atom. The highest BCUT2D eigenvalue weighted by atomic mass is 35.5. The number of hydrogen-bond acceptors (Lipinski definition) is 4. The lowest BCUT2D eigenvalue weighted by atomic mass is 10.1. The lowest BCUT2D eigenvalue weighted by Crippen LogP contribution is -2.46. The normalized spacial score (nSPS) is 14.7. The van der Waals surface area contributed by atoms with Crippen LogP contribution in [-0.2, 0) is 9.59 Å². The summed E-state index contributed by atoms with van der Waals surface area (Å²) in [6, 6.07) is 4.77. The minimum Gasteiger partial charge on any atom is -0.482 e. The minimum absolute atomic E-state index is 0.0299. The predicted octanol–water partition coefficient (Wildman–Crippen LogP) is 1.75. The van der Waals surface area contributed by atoms with Gasteiger partial charge in [-0.05, 0) is 31.5 Å². The predicted molar refractivity (Wildman–Crippen MR) is 87.2 cm³/mol. The third-order valence-corrected chi connectivity index (χ3v) is 3.91. The molecule has 0 bridgehead atoms. The van der Waals surface area contributed by atoms with Crippen molar-refractivity contribution in [3.63, 3.8) is 0 Å². The molecule has 1 aliphatic rings. The quantitative estimate of drug-likeness (QED) is 0.633. The number of carbonyl (C=O) groups is 3. The number of rotatable bonds is 6. The lowest BCUT2D eigenvalue weighted by Gasteiger charge is -2.29. The maximum atomic E-state index is 12.1. The summed E-state index contributed by atoms with van der Waals surface area (Å²) in [5.74, 6) is -0.521. The van der Waals surface area contributed by atoms with Crippen molar-refractivity contribution in [3.05, 3.63) is 23.8 Å². The van der Waals surface area contributed by atoms with E-state index in [0.29, 0.717) is 17.0 Å². The first-order chi connectivity index (χ1) is 11.0. The van der Waals surface area contributed by atoms with Gasteiger partial charge in [0.1, 0.15) is 12.3 Å². The number of halogens is 1. The molecule has 1 aliphatic heterocycles. The van der Waals surface area contributed by atoms with Crippen LogP contribution in [0.25, 0.3) is 0 Å². The van der Waals surface area contributed by atoms with Crippen molar-refractivity contribution in [2.45, 2.75) is 26.3 Å². The smallest absolute Gasteiger partial charge is 0.265 e. The second-order valence-electron chi connectivity index (χ2n) is 5.38. The molecule has 0 spiro atoms. The van der Waals surface area contributed by atoms with Gasteiger partial charge in [-0.3, -0.25) is 19.3 Å². The van der Waals surface area contributed by atoms with Crippen LogP contribution in [0.4, 0.5) is 5.69 Å². The van der Waals surface area contributed by atoms with Crippen molar-refractivity contribution < 1.29 is 19.1 Å². The van der Waals surface area contributed by atoms with Gasteiger partial charge in [-0.15, -0.1) is 11.6 Å². The number of amides is 2. The Balaban J connectivity index is 2.25. The van der Waals surface area contributed by atoms with Gasteiger partial charge < -0.3 is 10.1 Å². The van der Waals surface area contributed by atoms with E-state index in [0.717, 1.165) is 6.42 Å². The van der Waals surface area contributed by atoms with Crippen LogP contribution in [0.3, 0.4) is 0 Å². The number of carbonyl (C=O) groups excluding carboxylic acids is 3. The highest BCUT2D eigenvalue weighted by molar-refractivity contribution is 6.30. The topological polar surface area (TPSA) is 75.7 Å². The van der Waals surface area contributed by atoms with Crippen LogP contribution in [0.1, 0.15) is 30.6 Å². The molecule has 1 aromatic carbocycles. The molecule has 0 radical (unpaired) electrons. The van der Waals surface area contributed by atoms with E-state index < -0.39 is 0 Å². The van der Waals surface area contributed by atoms with Gasteiger partial charge in [0, 0.05) is 11.6 Å². The average molecular weight is 339 g/mol. The zero-order valence-electron chi connectivity index (χ0n) is 13.1. The number of fused-ring (bicyclic) bond motifs is 1. The van der Waals surface area contributed by atoms with Crippen molar-refractivity contribution in [2.75, 3.05) is 23.9 Å². The second kappa shape index (κ2) is 7.46. The van der Waals surface area contributed by atoms with E-state index in [1.165, 1.54) is 11.0 Å². The SMILES string of the molecule is CCC(C)NC(=O)CN1C(=O)COc2ccc(C(=O)CCl)cc21. The highest BCUT2D eigenvalue weighted by Gasteiger charge is 2.28. The monoisotopic (exact) mass is 338 g/mol. The summed E-state index contributed by atoms with van der Waals surface area (Å²) in [4.78, 5) is 37.3. The van der Waals surface area contributed by atoms with E-state index in [2.05, 4.69) is 5.32 Å². The van der Waals surface area contributed by atoms with Gasteiger partial charge in [-0.25, -0.2) is 0 Å². The minimum atomic E-state index is -0.327. The molecule has 1 N–H and O–H groups in total. The van der Waals surface area contributed by atoms with Crippen molar-refractivity contribution >= 4 is 34.9 Å². The number of ketones is 1. The lowest BCUT2D eigenvalue weighted by molar-refractivity contribution is -0.125. The number of ether oxygens (including phenoxy) is 1. The molecule has 2 amide bonds. The largest absolute Gasteiger partial charge is 0.482 e. The number of alkyl halides is 1. The summed E-state index contributed by atoms with van der Waals surface area (Å²) in [5.41, 5.74) is 0.793. The molecule has 2 rings (SSSR count). The van der Waals surface area contributed by atoms with E-state index in [1.807, 2.05) is 13.8 Å². The van der Waals surface area contributed by atoms with Gasteiger partial charge in [-0.1, -0.05) is 6.92 Å². The molecule has 0 saturated heterocycles. The van der Waals surface area contributed by atoms with E-state index in [1.54, 1.807) is 12.1 Å². The van der Waals surface area contributed by atoms with Crippen LogP contribution >= 0.6 is 11.6 Å². The van der Waals surface area contributed by atoms with Crippen molar-refractivity contribution in [1.29, 1.82) is 0 Å². The average Bonchev–Trinajstić information content (AvgIpc) is 2.56. The van der Waals surface area contributed by atoms with Crippen molar-refractivity contribution in [2.24, 2.45) is 0 Å². The summed E-state index contributed by atoms with van der Waals surface area (Å²) in [6.07, 6.45) is 0.799. The summed E-state index contributed by atoms with van der Waals surface area (Å²) < 4.78 is 5.35.